The lowest BCUT2D eigenvalue weighted by Crippen LogP contribution is -2.79. The standard InChI is InChI=1S/C16H13F21O2Si/c1-4-38-40(6-3,39-5-2)16(36,37)14(31,32)12(27,28)10(23,24)8(19,20)7(17,18)9(21,22)11(25,26)13(29,30)15(33,34)35/h6H,3-5H2,1-2H3. The van der Waals surface area contributed by atoms with E-state index >= 15 is 0 Å². The van der Waals surface area contributed by atoms with Gasteiger partial charge in [-0.3, -0.25) is 0 Å². The van der Waals surface area contributed by atoms with Crippen molar-refractivity contribution in [2.45, 2.75) is 72.9 Å². The van der Waals surface area contributed by atoms with Crippen molar-refractivity contribution in [2.75, 3.05) is 13.2 Å². The summed E-state index contributed by atoms with van der Waals surface area (Å²) in [5.41, 5.74) is -7.50. The first-order valence-corrected chi connectivity index (χ1v) is 11.5. The first-order chi connectivity index (χ1) is 17.2. The molecule has 0 aliphatic heterocycles. The second-order valence-electron chi connectivity index (χ2n) is 7.40. The van der Waals surface area contributed by atoms with E-state index in [2.05, 4.69) is 15.4 Å². The molecule has 0 spiro atoms. The van der Waals surface area contributed by atoms with Crippen molar-refractivity contribution in [3.8, 4) is 0 Å². The Morgan fingerprint density at radius 1 is 0.450 bits per heavy atom. The lowest BCUT2D eigenvalue weighted by Gasteiger charge is -2.46. The lowest BCUT2D eigenvalue weighted by atomic mass is 9.87. The summed E-state index contributed by atoms with van der Waals surface area (Å²) in [6, 6.07) is 0. The van der Waals surface area contributed by atoms with Crippen molar-refractivity contribution in [2.24, 2.45) is 0 Å². The molecule has 0 rings (SSSR count). The highest BCUT2D eigenvalue weighted by Crippen LogP contribution is 2.66. The van der Waals surface area contributed by atoms with E-state index in [1.807, 2.05) is 0 Å². The maximum absolute atomic E-state index is 14.6. The fraction of sp³-hybridized carbons (Fsp3) is 0.875. The van der Waals surface area contributed by atoms with Gasteiger partial charge in [0, 0.05) is 13.2 Å². The molecule has 0 amide bonds. The smallest absolute Gasteiger partial charge is 0.388 e. The molecule has 0 saturated carbocycles. The van der Waals surface area contributed by atoms with E-state index in [1.54, 1.807) is 0 Å². The number of rotatable bonds is 14. The fourth-order valence-corrected chi connectivity index (χ4v) is 5.07. The molecule has 0 unspecified atom stereocenters. The van der Waals surface area contributed by atoms with E-state index in [1.165, 1.54) is 0 Å². The predicted octanol–water partition coefficient (Wildman–Crippen LogP) is 8.05. The van der Waals surface area contributed by atoms with Crippen LogP contribution in [0.1, 0.15) is 13.8 Å². The van der Waals surface area contributed by atoms with Gasteiger partial charge in [-0.1, -0.05) is 0 Å². The van der Waals surface area contributed by atoms with E-state index < -0.39 is 86.6 Å². The average molecular weight is 664 g/mol. The van der Waals surface area contributed by atoms with Crippen molar-refractivity contribution >= 4 is 8.56 Å². The molecule has 0 bridgehead atoms. The van der Waals surface area contributed by atoms with Gasteiger partial charge < -0.3 is 8.85 Å². The normalized spacial score (nSPS) is 16.4. The van der Waals surface area contributed by atoms with Crippen LogP contribution in [0.5, 0.6) is 0 Å². The zero-order valence-corrected chi connectivity index (χ0v) is 20.0. The molecule has 0 radical (unpaired) electrons. The summed E-state index contributed by atoms with van der Waals surface area (Å²) in [6.07, 6.45) is -8.02. The minimum Gasteiger partial charge on any atom is -0.388 e. The van der Waals surface area contributed by atoms with Crippen LogP contribution in [0.3, 0.4) is 0 Å². The molecule has 0 N–H and O–H groups in total. The molecule has 40 heavy (non-hydrogen) atoms. The van der Waals surface area contributed by atoms with E-state index in [4.69, 9.17) is 0 Å². The fourth-order valence-electron chi connectivity index (χ4n) is 2.67. The Morgan fingerprint density at radius 2 is 0.675 bits per heavy atom. The largest absolute Gasteiger partial charge is 0.460 e. The lowest BCUT2D eigenvalue weighted by molar-refractivity contribution is -0.472. The van der Waals surface area contributed by atoms with Gasteiger partial charge in [0.25, 0.3) is 0 Å². The minimum absolute atomic E-state index is 0.511. The molecule has 2 nitrogen and oxygen atoms in total. The second kappa shape index (κ2) is 10.3. The van der Waals surface area contributed by atoms with Crippen molar-refractivity contribution in [3.63, 3.8) is 0 Å². The van der Waals surface area contributed by atoms with Crippen molar-refractivity contribution in [1.82, 2.24) is 0 Å². The van der Waals surface area contributed by atoms with Gasteiger partial charge in [0.15, 0.2) is 0 Å². The second-order valence-corrected chi connectivity index (χ2v) is 10.4. The van der Waals surface area contributed by atoms with E-state index in [-0.39, 0.29) is 0 Å². The molecular formula is C16H13F21O2Si. The van der Waals surface area contributed by atoms with Crippen LogP contribution in [-0.2, 0) is 8.85 Å². The van der Waals surface area contributed by atoms with Gasteiger partial charge in [0.1, 0.15) is 0 Å². The van der Waals surface area contributed by atoms with Crippen LogP contribution in [0.4, 0.5) is 92.2 Å². The quantitative estimate of drug-likeness (QED) is 0.138. The Hall–Kier alpha value is -1.59. The van der Waals surface area contributed by atoms with Gasteiger partial charge in [-0.25, -0.2) is 0 Å². The molecule has 0 aliphatic rings. The third-order valence-corrected chi connectivity index (χ3v) is 8.10. The molecule has 0 aromatic rings. The third-order valence-electron chi connectivity index (χ3n) is 4.93. The Bertz CT molecular complexity index is 903. The van der Waals surface area contributed by atoms with Crippen LogP contribution in [0.2, 0.25) is 0 Å². The number of hydrogen-bond donors (Lipinski definition) is 0. The summed E-state index contributed by atoms with van der Waals surface area (Å²) in [6.45, 7) is 1.29. The molecule has 0 atom stereocenters. The van der Waals surface area contributed by atoms with Crippen LogP contribution >= 0.6 is 0 Å². The number of hydrogen-bond acceptors (Lipinski definition) is 2. The summed E-state index contributed by atoms with van der Waals surface area (Å²) in [5, 5.41) is 0. The van der Waals surface area contributed by atoms with Gasteiger partial charge in [-0.2, -0.15) is 92.2 Å². The predicted molar refractivity (Wildman–Crippen MR) is 89.8 cm³/mol. The Morgan fingerprint density at radius 3 is 0.875 bits per heavy atom. The van der Waals surface area contributed by atoms with Crippen LogP contribution in [0.15, 0.2) is 12.3 Å². The van der Waals surface area contributed by atoms with Crippen molar-refractivity contribution in [1.29, 1.82) is 0 Å². The van der Waals surface area contributed by atoms with E-state index in [0.717, 1.165) is 0 Å². The highest BCUT2D eigenvalue weighted by Gasteiger charge is 2.98. The van der Waals surface area contributed by atoms with E-state index in [9.17, 15) is 92.2 Å². The molecule has 0 fully saturated rings. The molecular weight excluding hydrogens is 651 g/mol. The molecule has 0 aliphatic carbocycles. The van der Waals surface area contributed by atoms with E-state index in [0.29, 0.717) is 13.8 Å². The highest BCUT2D eigenvalue weighted by atomic mass is 28.4. The van der Waals surface area contributed by atoms with Gasteiger partial charge in [0.2, 0.25) is 0 Å². The third kappa shape index (κ3) is 4.62. The Balaban J connectivity index is 7.36. The number of halogens is 21. The van der Waals surface area contributed by atoms with Crippen LogP contribution in [0, 0.1) is 0 Å². The highest BCUT2D eigenvalue weighted by molar-refractivity contribution is 6.75. The van der Waals surface area contributed by atoms with Crippen LogP contribution in [0.25, 0.3) is 0 Å². The van der Waals surface area contributed by atoms with Crippen LogP contribution < -0.4 is 0 Å². The Labute approximate surface area is 209 Å². The summed E-state index contributed by atoms with van der Waals surface area (Å²) in [7, 11) is -6.60. The summed E-state index contributed by atoms with van der Waals surface area (Å²) < 4.78 is 292. The maximum Gasteiger partial charge on any atom is 0.460 e. The maximum atomic E-state index is 14.6. The zero-order chi connectivity index (χ0) is 33.0. The molecule has 0 saturated heterocycles. The first kappa shape index (κ1) is 38.4. The van der Waals surface area contributed by atoms with Gasteiger partial charge in [-0.15, -0.1) is 6.58 Å². The average Bonchev–Trinajstić information content (AvgIpc) is 2.76. The molecule has 24 heteroatoms. The monoisotopic (exact) mass is 664 g/mol. The van der Waals surface area contributed by atoms with Crippen molar-refractivity contribution < 1.29 is 101 Å². The summed E-state index contributed by atoms with van der Waals surface area (Å²) in [5.74, 6) is -70.8. The minimum atomic E-state index is -9.22. The SMILES string of the molecule is C=C[Si](OCC)(OCC)C(F)(F)C(F)(F)C(F)(F)C(F)(F)C(F)(F)C(F)(F)C(F)(F)C(F)(F)C(F)(F)C(F)(F)F. The van der Waals surface area contributed by atoms with Crippen molar-refractivity contribution in [3.05, 3.63) is 12.3 Å². The zero-order valence-electron chi connectivity index (χ0n) is 19.0. The van der Waals surface area contributed by atoms with Gasteiger partial charge in [0.05, 0.1) is 0 Å². The molecule has 0 aromatic carbocycles. The topological polar surface area (TPSA) is 18.5 Å². The number of alkyl halides is 21. The van der Waals surface area contributed by atoms with Crippen LogP contribution in [-0.4, -0.2) is 80.9 Å². The Kier molecular flexibility index (Phi) is 9.88. The van der Waals surface area contributed by atoms with Gasteiger partial charge in [-0.05, 0) is 19.5 Å². The molecule has 0 aromatic heterocycles. The first-order valence-electron chi connectivity index (χ1n) is 9.57. The molecule has 240 valence electrons. The molecule has 0 heterocycles. The van der Waals surface area contributed by atoms with Gasteiger partial charge >= 0.3 is 67.7 Å². The summed E-state index contributed by atoms with van der Waals surface area (Å²) >= 11 is 0. The summed E-state index contributed by atoms with van der Waals surface area (Å²) in [4.78, 5) is 0.